The molecule has 0 bridgehead atoms. The Bertz CT molecular complexity index is 587. The van der Waals surface area contributed by atoms with Crippen LogP contribution in [0.1, 0.15) is 35.6 Å². The Morgan fingerprint density at radius 2 is 1.61 bits per heavy atom. The molecule has 0 aliphatic carbocycles. The Hall–Kier alpha value is -2.09. The van der Waals surface area contributed by atoms with Gasteiger partial charge < -0.3 is 5.73 Å². The summed E-state index contributed by atoms with van der Waals surface area (Å²) in [5, 5.41) is 0. The third-order valence-electron chi connectivity index (χ3n) is 3.62. The first-order valence-electron chi connectivity index (χ1n) is 6.25. The van der Waals surface area contributed by atoms with Crippen LogP contribution in [0, 0.1) is 0 Å². The Morgan fingerprint density at radius 3 is 2.39 bits per heavy atom. The number of aliphatic imine (C=N–C) groups is 1. The average molecular weight is 236 g/mol. The molecular formula is C16H16N2. The normalized spacial score (nSPS) is 22.2. The summed E-state index contributed by atoms with van der Waals surface area (Å²) in [5.41, 5.74) is 9.68. The molecule has 3 rings (SSSR count). The maximum absolute atomic E-state index is 6.09. The van der Waals surface area contributed by atoms with E-state index in [2.05, 4.69) is 36.2 Å². The van der Waals surface area contributed by atoms with Gasteiger partial charge in [0.1, 0.15) is 5.84 Å². The molecular weight excluding hydrogens is 220 g/mol. The van der Waals surface area contributed by atoms with Gasteiger partial charge in [-0.2, -0.15) is 0 Å². The average Bonchev–Trinajstić information content (AvgIpc) is 2.44. The summed E-state index contributed by atoms with van der Waals surface area (Å²) in [5.74, 6) is 1.01. The largest absolute Gasteiger partial charge is 0.383 e. The Labute approximate surface area is 107 Å². The molecule has 0 saturated carbocycles. The van der Waals surface area contributed by atoms with Gasteiger partial charge in [0.25, 0.3) is 0 Å². The lowest BCUT2D eigenvalue weighted by Crippen LogP contribution is -2.25. The second-order valence-electron chi connectivity index (χ2n) is 4.75. The molecule has 2 heteroatoms. The fraction of sp³-hybridized carbons (Fsp3) is 0.188. The molecule has 2 aromatic rings. The molecule has 0 radical (unpaired) electrons. The Balaban J connectivity index is 2.09. The first kappa shape index (κ1) is 11.0. The molecule has 1 heterocycles. The highest BCUT2D eigenvalue weighted by Gasteiger charge is 2.27. The van der Waals surface area contributed by atoms with Crippen molar-refractivity contribution in [1.82, 2.24) is 0 Å². The summed E-state index contributed by atoms with van der Waals surface area (Å²) in [4.78, 5) is 4.67. The zero-order chi connectivity index (χ0) is 12.5. The van der Waals surface area contributed by atoms with Gasteiger partial charge >= 0.3 is 0 Å². The van der Waals surface area contributed by atoms with Crippen molar-refractivity contribution >= 4 is 5.84 Å². The third kappa shape index (κ3) is 1.70. The molecule has 0 aromatic heterocycles. The van der Waals surface area contributed by atoms with Gasteiger partial charge in [0.2, 0.25) is 0 Å². The molecule has 0 amide bonds. The van der Waals surface area contributed by atoms with Crippen molar-refractivity contribution in [3.8, 4) is 0 Å². The lowest BCUT2D eigenvalue weighted by Gasteiger charge is -2.28. The number of fused-ring (bicyclic) bond motifs is 1. The molecule has 90 valence electrons. The number of rotatable bonds is 1. The smallest absolute Gasteiger partial charge is 0.126 e. The fourth-order valence-corrected chi connectivity index (χ4v) is 2.64. The van der Waals surface area contributed by atoms with Crippen LogP contribution in [-0.4, -0.2) is 5.84 Å². The van der Waals surface area contributed by atoms with E-state index in [0.29, 0.717) is 11.8 Å². The third-order valence-corrected chi connectivity index (χ3v) is 3.62. The molecule has 1 aliphatic rings. The van der Waals surface area contributed by atoms with Gasteiger partial charge in [-0.3, -0.25) is 4.99 Å². The maximum Gasteiger partial charge on any atom is 0.126 e. The van der Waals surface area contributed by atoms with Crippen molar-refractivity contribution in [3.05, 3.63) is 71.3 Å². The van der Waals surface area contributed by atoms with Crippen LogP contribution in [0.25, 0.3) is 0 Å². The molecule has 1 aliphatic heterocycles. The quantitative estimate of drug-likeness (QED) is 0.811. The van der Waals surface area contributed by atoms with Crippen molar-refractivity contribution in [2.45, 2.75) is 18.9 Å². The summed E-state index contributed by atoms with van der Waals surface area (Å²) >= 11 is 0. The van der Waals surface area contributed by atoms with Crippen molar-refractivity contribution in [3.63, 3.8) is 0 Å². The lowest BCUT2D eigenvalue weighted by atomic mass is 9.83. The van der Waals surface area contributed by atoms with Gasteiger partial charge in [-0.1, -0.05) is 61.5 Å². The van der Waals surface area contributed by atoms with Crippen LogP contribution in [0.15, 0.2) is 59.6 Å². The van der Waals surface area contributed by atoms with Gasteiger partial charge in [-0.05, 0) is 11.1 Å². The van der Waals surface area contributed by atoms with Crippen molar-refractivity contribution in [1.29, 1.82) is 0 Å². The van der Waals surface area contributed by atoms with E-state index in [1.54, 1.807) is 0 Å². The Kier molecular flexibility index (Phi) is 2.63. The highest BCUT2D eigenvalue weighted by molar-refractivity contribution is 6.00. The molecule has 0 saturated heterocycles. The molecule has 2 aromatic carbocycles. The first-order valence-corrected chi connectivity index (χ1v) is 6.25. The molecule has 2 N–H and O–H groups in total. The number of hydrogen-bond acceptors (Lipinski definition) is 2. The fourth-order valence-electron chi connectivity index (χ4n) is 2.64. The van der Waals surface area contributed by atoms with Gasteiger partial charge in [-0.15, -0.1) is 0 Å². The number of benzene rings is 2. The van der Waals surface area contributed by atoms with E-state index in [1.807, 2.05) is 30.3 Å². The molecule has 2 atom stereocenters. The highest BCUT2D eigenvalue weighted by atomic mass is 14.9. The SMILES string of the molecule is CC1c2ccccc2C(N)=NC1c1ccccc1. The van der Waals surface area contributed by atoms with Crippen LogP contribution in [0.3, 0.4) is 0 Å². The van der Waals surface area contributed by atoms with Gasteiger partial charge in [-0.25, -0.2) is 0 Å². The maximum atomic E-state index is 6.09. The molecule has 2 nitrogen and oxygen atoms in total. The first-order chi connectivity index (χ1) is 8.77. The highest BCUT2D eigenvalue weighted by Crippen LogP contribution is 2.38. The molecule has 0 fully saturated rings. The molecule has 2 unspecified atom stereocenters. The van der Waals surface area contributed by atoms with Crippen LogP contribution in [0.5, 0.6) is 0 Å². The predicted molar refractivity (Wildman–Crippen MR) is 74.8 cm³/mol. The van der Waals surface area contributed by atoms with E-state index in [1.165, 1.54) is 11.1 Å². The minimum atomic E-state index is 0.126. The second kappa shape index (κ2) is 4.30. The number of hydrogen-bond donors (Lipinski definition) is 1. The van der Waals surface area contributed by atoms with E-state index in [-0.39, 0.29) is 6.04 Å². The van der Waals surface area contributed by atoms with Crippen LogP contribution in [0.2, 0.25) is 0 Å². The van der Waals surface area contributed by atoms with E-state index >= 15 is 0 Å². The molecule has 18 heavy (non-hydrogen) atoms. The van der Waals surface area contributed by atoms with E-state index in [0.717, 1.165) is 5.56 Å². The summed E-state index contributed by atoms with van der Waals surface area (Å²) < 4.78 is 0. The topological polar surface area (TPSA) is 38.4 Å². The number of amidine groups is 1. The summed E-state index contributed by atoms with van der Waals surface area (Å²) in [6.07, 6.45) is 0. The van der Waals surface area contributed by atoms with Gasteiger partial charge in [0.05, 0.1) is 6.04 Å². The lowest BCUT2D eigenvalue weighted by molar-refractivity contribution is 0.589. The molecule has 0 spiro atoms. The second-order valence-corrected chi connectivity index (χ2v) is 4.75. The van der Waals surface area contributed by atoms with Crippen LogP contribution < -0.4 is 5.73 Å². The standard InChI is InChI=1S/C16H16N2/c1-11-13-9-5-6-10-14(13)16(17)18-15(11)12-7-3-2-4-8-12/h2-11,15H,1H3,(H2,17,18). The van der Waals surface area contributed by atoms with Gasteiger partial charge in [0.15, 0.2) is 0 Å². The van der Waals surface area contributed by atoms with E-state index < -0.39 is 0 Å². The van der Waals surface area contributed by atoms with Crippen LogP contribution in [-0.2, 0) is 0 Å². The van der Waals surface area contributed by atoms with E-state index in [9.17, 15) is 0 Å². The van der Waals surface area contributed by atoms with Crippen LogP contribution >= 0.6 is 0 Å². The van der Waals surface area contributed by atoms with E-state index in [4.69, 9.17) is 5.73 Å². The summed E-state index contributed by atoms with van der Waals surface area (Å²) in [7, 11) is 0. The monoisotopic (exact) mass is 236 g/mol. The minimum Gasteiger partial charge on any atom is -0.383 e. The predicted octanol–water partition coefficient (Wildman–Crippen LogP) is 3.25. The van der Waals surface area contributed by atoms with Crippen molar-refractivity contribution < 1.29 is 0 Å². The number of nitrogens with two attached hydrogens (primary N) is 1. The zero-order valence-electron chi connectivity index (χ0n) is 10.4. The number of nitrogens with zero attached hydrogens (tertiary/aromatic N) is 1. The minimum absolute atomic E-state index is 0.126. The summed E-state index contributed by atoms with van der Waals surface area (Å²) in [6.45, 7) is 2.21. The summed E-state index contributed by atoms with van der Waals surface area (Å²) in [6, 6.07) is 18.8. The van der Waals surface area contributed by atoms with Crippen molar-refractivity contribution in [2.24, 2.45) is 10.7 Å². The Morgan fingerprint density at radius 1 is 0.944 bits per heavy atom. The van der Waals surface area contributed by atoms with Crippen LogP contribution in [0.4, 0.5) is 0 Å². The van der Waals surface area contributed by atoms with Gasteiger partial charge in [0, 0.05) is 11.5 Å². The van der Waals surface area contributed by atoms with Crippen molar-refractivity contribution in [2.75, 3.05) is 0 Å². The zero-order valence-corrected chi connectivity index (χ0v) is 10.4.